The SMILES string of the molecule is O=[PH](OCOC(CO)CO)OCOC(CO)CO. The molecule has 0 unspecified atom stereocenters. The van der Waals surface area contributed by atoms with Gasteiger partial charge in [-0.05, 0) is 0 Å². The summed E-state index contributed by atoms with van der Waals surface area (Å²) in [4.78, 5) is 0. The largest absolute Gasteiger partial charge is 0.394 e. The average molecular weight is 290 g/mol. The van der Waals surface area contributed by atoms with Crippen LogP contribution in [0.1, 0.15) is 0 Å². The zero-order chi connectivity index (χ0) is 13.8. The molecule has 0 aliphatic rings. The van der Waals surface area contributed by atoms with Crippen LogP contribution in [0.3, 0.4) is 0 Å². The van der Waals surface area contributed by atoms with E-state index >= 15 is 0 Å². The number of hydrogen-bond acceptors (Lipinski definition) is 9. The van der Waals surface area contributed by atoms with Crippen molar-refractivity contribution in [3.63, 3.8) is 0 Å². The van der Waals surface area contributed by atoms with E-state index in [4.69, 9.17) is 29.9 Å². The highest BCUT2D eigenvalue weighted by Crippen LogP contribution is 2.23. The van der Waals surface area contributed by atoms with Gasteiger partial charge >= 0.3 is 8.25 Å². The number of ether oxygens (including phenoxy) is 2. The molecule has 0 atom stereocenters. The molecule has 4 N–H and O–H groups in total. The van der Waals surface area contributed by atoms with E-state index in [9.17, 15) is 4.57 Å². The summed E-state index contributed by atoms with van der Waals surface area (Å²) in [6.07, 6.45) is -1.60. The minimum Gasteiger partial charge on any atom is -0.394 e. The molecule has 10 heteroatoms. The highest BCUT2D eigenvalue weighted by Gasteiger charge is 2.09. The number of rotatable bonds is 12. The van der Waals surface area contributed by atoms with Crippen LogP contribution in [0, 0.1) is 0 Å². The Morgan fingerprint density at radius 1 is 0.778 bits per heavy atom. The molecule has 18 heavy (non-hydrogen) atoms. The quantitative estimate of drug-likeness (QED) is 0.239. The summed E-state index contributed by atoms with van der Waals surface area (Å²) < 4.78 is 29.9. The second kappa shape index (κ2) is 12.0. The molecule has 0 saturated carbocycles. The summed E-state index contributed by atoms with van der Waals surface area (Å²) in [6.45, 7) is -2.38. The maximum absolute atomic E-state index is 11.1. The molecule has 0 rings (SSSR count). The molecule has 0 aliphatic carbocycles. The third-order valence-corrected chi connectivity index (χ3v) is 2.48. The van der Waals surface area contributed by atoms with E-state index in [1.165, 1.54) is 0 Å². The Morgan fingerprint density at radius 3 is 1.39 bits per heavy atom. The van der Waals surface area contributed by atoms with Gasteiger partial charge in [-0.15, -0.1) is 0 Å². The smallest absolute Gasteiger partial charge is 0.323 e. The Hall–Kier alpha value is -0.0900. The van der Waals surface area contributed by atoms with Crippen LogP contribution in [0.15, 0.2) is 0 Å². The van der Waals surface area contributed by atoms with Crippen LogP contribution in [0.4, 0.5) is 0 Å². The fraction of sp³-hybridized carbons (Fsp3) is 1.00. The number of hydrogen-bond donors (Lipinski definition) is 4. The molecule has 0 fully saturated rings. The van der Waals surface area contributed by atoms with Crippen molar-refractivity contribution in [2.45, 2.75) is 12.2 Å². The number of aliphatic hydroxyl groups excluding tert-OH is 4. The van der Waals surface area contributed by atoms with Crippen LogP contribution >= 0.6 is 8.25 Å². The molecular formula is C8H19O9P. The van der Waals surface area contributed by atoms with Gasteiger partial charge in [0.1, 0.15) is 12.2 Å². The highest BCUT2D eigenvalue weighted by molar-refractivity contribution is 7.33. The third-order valence-electron chi connectivity index (χ3n) is 1.78. The van der Waals surface area contributed by atoms with Crippen molar-refractivity contribution in [1.29, 1.82) is 0 Å². The summed E-state index contributed by atoms with van der Waals surface area (Å²) in [7, 11) is -2.84. The third kappa shape index (κ3) is 8.92. The molecule has 0 aromatic carbocycles. The standard InChI is InChI=1S/C8H19O9P/c9-1-7(2-10)14-5-16-18(13)17-6-15-8(3-11)4-12/h7-12,18H,1-6H2. The van der Waals surface area contributed by atoms with E-state index < -0.39 is 34.0 Å². The van der Waals surface area contributed by atoms with Crippen molar-refractivity contribution < 1.29 is 43.5 Å². The van der Waals surface area contributed by atoms with Crippen molar-refractivity contribution in [2.75, 3.05) is 40.0 Å². The molecule has 0 aromatic rings. The first-order chi connectivity index (χ1) is 8.67. The first-order valence-electron chi connectivity index (χ1n) is 5.14. The summed E-state index contributed by atoms with van der Waals surface area (Å²) in [5, 5.41) is 34.6. The van der Waals surface area contributed by atoms with Crippen LogP contribution in [-0.2, 0) is 23.1 Å². The number of aliphatic hydroxyl groups is 4. The van der Waals surface area contributed by atoms with E-state index in [-0.39, 0.29) is 26.4 Å². The van der Waals surface area contributed by atoms with E-state index in [1.807, 2.05) is 0 Å². The van der Waals surface area contributed by atoms with Crippen LogP contribution in [-0.4, -0.2) is 72.6 Å². The molecule has 9 nitrogen and oxygen atoms in total. The normalized spacial score (nSPS) is 11.9. The van der Waals surface area contributed by atoms with Gasteiger partial charge in [-0.3, -0.25) is 13.6 Å². The Balaban J connectivity index is 3.54. The van der Waals surface area contributed by atoms with Gasteiger partial charge in [0.05, 0.1) is 26.4 Å². The molecule has 0 aliphatic heterocycles. The zero-order valence-electron chi connectivity index (χ0n) is 9.73. The van der Waals surface area contributed by atoms with Crippen LogP contribution in [0.25, 0.3) is 0 Å². The Kier molecular flexibility index (Phi) is 11.9. The van der Waals surface area contributed by atoms with E-state index in [2.05, 4.69) is 9.05 Å². The fourth-order valence-electron chi connectivity index (χ4n) is 0.725. The molecule has 0 bridgehead atoms. The fourth-order valence-corrected chi connectivity index (χ4v) is 1.14. The van der Waals surface area contributed by atoms with Crippen molar-refractivity contribution in [2.24, 2.45) is 0 Å². The van der Waals surface area contributed by atoms with Gasteiger partial charge in [0, 0.05) is 0 Å². The summed E-state index contributed by atoms with van der Waals surface area (Å²) >= 11 is 0. The Bertz CT molecular complexity index is 187. The monoisotopic (exact) mass is 290 g/mol. The maximum atomic E-state index is 11.1. The van der Waals surface area contributed by atoms with Crippen LogP contribution in [0.2, 0.25) is 0 Å². The molecule has 0 heterocycles. The van der Waals surface area contributed by atoms with Crippen molar-refractivity contribution in [1.82, 2.24) is 0 Å². The lowest BCUT2D eigenvalue weighted by atomic mass is 10.4. The molecular weight excluding hydrogens is 271 g/mol. The highest BCUT2D eigenvalue weighted by atomic mass is 31.1. The second-order valence-corrected chi connectivity index (χ2v) is 4.16. The van der Waals surface area contributed by atoms with Crippen molar-refractivity contribution in [3.05, 3.63) is 0 Å². The topological polar surface area (TPSA) is 135 Å². The van der Waals surface area contributed by atoms with Gasteiger partial charge in [0.2, 0.25) is 0 Å². The predicted molar refractivity (Wildman–Crippen MR) is 59.0 cm³/mol. The molecule has 0 radical (unpaired) electrons. The first-order valence-corrected chi connectivity index (χ1v) is 6.36. The summed E-state index contributed by atoms with van der Waals surface area (Å²) in [5.74, 6) is 0. The van der Waals surface area contributed by atoms with E-state index in [0.29, 0.717) is 0 Å². The van der Waals surface area contributed by atoms with Gasteiger partial charge in [-0.25, -0.2) is 0 Å². The molecule has 110 valence electrons. The minimum atomic E-state index is -2.84. The average Bonchev–Trinajstić information content (AvgIpc) is 2.40. The second-order valence-electron chi connectivity index (χ2n) is 3.08. The zero-order valence-corrected chi connectivity index (χ0v) is 10.7. The first kappa shape index (κ1) is 17.9. The van der Waals surface area contributed by atoms with Gasteiger partial charge in [-0.1, -0.05) is 0 Å². The van der Waals surface area contributed by atoms with Gasteiger partial charge < -0.3 is 29.9 Å². The van der Waals surface area contributed by atoms with Gasteiger partial charge in [0.15, 0.2) is 13.6 Å². The Labute approximate surface area is 105 Å². The van der Waals surface area contributed by atoms with Gasteiger partial charge in [0.25, 0.3) is 0 Å². The molecule has 0 aromatic heterocycles. The van der Waals surface area contributed by atoms with Crippen molar-refractivity contribution >= 4 is 8.25 Å². The molecule has 0 amide bonds. The lowest BCUT2D eigenvalue weighted by Crippen LogP contribution is -2.23. The predicted octanol–water partition coefficient (Wildman–Crippen LogP) is -1.94. The maximum Gasteiger partial charge on any atom is 0.323 e. The van der Waals surface area contributed by atoms with Gasteiger partial charge in [-0.2, -0.15) is 0 Å². The van der Waals surface area contributed by atoms with Crippen molar-refractivity contribution in [3.8, 4) is 0 Å². The van der Waals surface area contributed by atoms with E-state index in [0.717, 1.165) is 0 Å². The lowest BCUT2D eigenvalue weighted by Gasteiger charge is -2.14. The Morgan fingerprint density at radius 2 is 1.11 bits per heavy atom. The summed E-state index contributed by atoms with van der Waals surface area (Å²) in [5.41, 5.74) is 0. The molecule has 0 saturated heterocycles. The van der Waals surface area contributed by atoms with E-state index in [1.54, 1.807) is 0 Å². The van der Waals surface area contributed by atoms with Crippen LogP contribution < -0.4 is 0 Å². The minimum absolute atomic E-state index is 0.389. The lowest BCUT2D eigenvalue weighted by molar-refractivity contribution is -0.0950. The molecule has 0 spiro atoms. The summed E-state index contributed by atoms with van der Waals surface area (Å²) in [6, 6.07) is 0. The van der Waals surface area contributed by atoms with Crippen LogP contribution in [0.5, 0.6) is 0 Å².